The summed E-state index contributed by atoms with van der Waals surface area (Å²) in [5.74, 6) is 0. The number of hydrogen-bond donors (Lipinski definition) is 0. The summed E-state index contributed by atoms with van der Waals surface area (Å²) in [5, 5.41) is 1.51. The van der Waals surface area contributed by atoms with Gasteiger partial charge in [0, 0.05) is 10.0 Å². The van der Waals surface area contributed by atoms with Crippen LogP contribution in [-0.2, 0) is 12.8 Å². The summed E-state index contributed by atoms with van der Waals surface area (Å²) >= 11 is 12.3. The van der Waals surface area contributed by atoms with Gasteiger partial charge in [-0.3, -0.25) is 0 Å². The van der Waals surface area contributed by atoms with Crippen LogP contribution in [0.2, 0.25) is 10.0 Å². The van der Waals surface area contributed by atoms with Crippen LogP contribution in [0.5, 0.6) is 0 Å². The van der Waals surface area contributed by atoms with Crippen molar-refractivity contribution < 1.29 is 0 Å². The minimum absolute atomic E-state index is 0.272. The highest BCUT2D eigenvalue weighted by atomic mass is 35.5. The minimum atomic E-state index is 0.272. The molecule has 0 aromatic heterocycles. The second-order valence-corrected chi connectivity index (χ2v) is 7.26. The van der Waals surface area contributed by atoms with Crippen LogP contribution >= 0.6 is 23.2 Å². The second kappa shape index (κ2) is 6.20. The molecule has 106 valence electrons. The van der Waals surface area contributed by atoms with E-state index in [1.165, 1.54) is 11.1 Å². The fraction of sp³-hybridized carbons (Fsp3) is 0.333. The van der Waals surface area contributed by atoms with E-state index < -0.39 is 0 Å². The molecule has 0 saturated heterocycles. The lowest BCUT2D eigenvalue weighted by molar-refractivity contribution is 0.410. The number of rotatable bonds is 3. The van der Waals surface area contributed by atoms with Crippen molar-refractivity contribution in [2.75, 3.05) is 0 Å². The Kier molecular flexibility index (Phi) is 4.78. The maximum Gasteiger partial charge on any atom is 0.0442 e. The minimum Gasteiger partial charge on any atom is -0.0843 e. The van der Waals surface area contributed by atoms with E-state index in [9.17, 15) is 0 Å². The second-order valence-electron chi connectivity index (χ2n) is 6.42. The molecule has 0 heterocycles. The van der Waals surface area contributed by atoms with Gasteiger partial charge in [-0.25, -0.2) is 0 Å². The van der Waals surface area contributed by atoms with Gasteiger partial charge in [0.25, 0.3) is 0 Å². The first-order valence-corrected chi connectivity index (χ1v) is 7.61. The van der Waals surface area contributed by atoms with Gasteiger partial charge in [-0.2, -0.15) is 0 Å². The van der Waals surface area contributed by atoms with Crippen molar-refractivity contribution in [3.63, 3.8) is 0 Å². The molecular weight excluding hydrogens is 287 g/mol. The molecule has 0 aliphatic rings. The van der Waals surface area contributed by atoms with Crippen LogP contribution in [-0.4, -0.2) is 0 Å². The van der Waals surface area contributed by atoms with E-state index in [2.05, 4.69) is 45.0 Å². The molecular formula is C18H20Cl2. The zero-order valence-corrected chi connectivity index (χ0v) is 13.7. The predicted molar refractivity (Wildman–Crippen MR) is 88.9 cm³/mol. The summed E-state index contributed by atoms with van der Waals surface area (Å²) in [6.45, 7) is 6.78. The van der Waals surface area contributed by atoms with Gasteiger partial charge in [0.1, 0.15) is 0 Å². The molecule has 0 atom stereocenters. The Balaban J connectivity index is 2.32. The van der Waals surface area contributed by atoms with Crippen LogP contribution in [0.25, 0.3) is 0 Å². The standard InChI is InChI=1S/C18H20Cl2/c1-18(2,3)12-14-7-5-4-6-13(14)10-15-11-16(19)8-9-17(15)20/h4-9,11H,10,12H2,1-3H3. The van der Waals surface area contributed by atoms with Crippen molar-refractivity contribution in [1.29, 1.82) is 0 Å². The molecule has 2 aromatic rings. The number of hydrogen-bond acceptors (Lipinski definition) is 0. The summed E-state index contributed by atoms with van der Waals surface area (Å²) in [6, 6.07) is 14.2. The fourth-order valence-corrected chi connectivity index (χ4v) is 2.74. The molecule has 20 heavy (non-hydrogen) atoms. The Morgan fingerprint density at radius 1 is 0.850 bits per heavy atom. The average molecular weight is 307 g/mol. The highest BCUT2D eigenvalue weighted by Gasteiger charge is 2.14. The largest absolute Gasteiger partial charge is 0.0843 e. The third-order valence-electron chi connectivity index (χ3n) is 3.23. The highest BCUT2D eigenvalue weighted by Crippen LogP contribution is 2.27. The lowest BCUT2D eigenvalue weighted by atomic mass is 9.85. The van der Waals surface area contributed by atoms with Crippen molar-refractivity contribution in [3.8, 4) is 0 Å². The van der Waals surface area contributed by atoms with Crippen LogP contribution in [0, 0.1) is 5.41 Å². The molecule has 0 amide bonds. The summed E-state index contributed by atoms with van der Waals surface area (Å²) < 4.78 is 0. The molecule has 0 N–H and O–H groups in total. The Morgan fingerprint density at radius 3 is 2.15 bits per heavy atom. The van der Waals surface area contributed by atoms with Crippen LogP contribution in [0.15, 0.2) is 42.5 Å². The summed E-state index contributed by atoms with van der Waals surface area (Å²) in [6.07, 6.45) is 1.88. The predicted octanol–water partition coefficient (Wildman–Crippen LogP) is 6.17. The molecule has 2 rings (SSSR count). The molecule has 0 fully saturated rings. The Labute approximate surface area is 131 Å². The number of benzene rings is 2. The van der Waals surface area contributed by atoms with Crippen LogP contribution < -0.4 is 0 Å². The van der Waals surface area contributed by atoms with Crippen molar-refractivity contribution in [2.45, 2.75) is 33.6 Å². The first kappa shape index (κ1) is 15.4. The van der Waals surface area contributed by atoms with Gasteiger partial charge < -0.3 is 0 Å². The van der Waals surface area contributed by atoms with E-state index in [1.807, 2.05) is 18.2 Å². The van der Waals surface area contributed by atoms with Crippen LogP contribution in [0.1, 0.15) is 37.5 Å². The molecule has 0 aliphatic carbocycles. The lowest BCUT2D eigenvalue weighted by Gasteiger charge is -2.20. The van der Waals surface area contributed by atoms with Gasteiger partial charge in [0.05, 0.1) is 0 Å². The van der Waals surface area contributed by atoms with Crippen molar-refractivity contribution in [2.24, 2.45) is 5.41 Å². The monoisotopic (exact) mass is 306 g/mol. The third-order valence-corrected chi connectivity index (χ3v) is 3.83. The summed E-state index contributed by atoms with van der Waals surface area (Å²) in [4.78, 5) is 0. The first-order valence-electron chi connectivity index (χ1n) is 6.86. The van der Waals surface area contributed by atoms with Crippen molar-refractivity contribution in [1.82, 2.24) is 0 Å². The molecule has 0 spiro atoms. The molecule has 0 nitrogen and oxygen atoms in total. The quantitative estimate of drug-likeness (QED) is 0.636. The van der Waals surface area contributed by atoms with E-state index in [1.54, 1.807) is 0 Å². The maximum atomic E-state index is 6.27. The van der Waals surface area contributed by atoms with E-state index in [-0.39, 0.29) is 5.41 Å². The smallest absolute Gasteiger partial charge is 0.0442 e. The summed E-state index contributed by atoms with van der Waals surface area (Å²) in [5.41, 5.74) is 4.07. The zero-order valence-electron chi connectivity index (χ0n) is 12.2. The molecule has 0 aliphatic heterocycles. The highest BCUT2D eigenvalue weighted by molar-refractivity contribution is 6.33. The van der Waals surface area contributed by atoms with Gasteiger partial charge in [0.15, 0.2) is 0 Å². The maximum absolute atomic E-state index is 6.27. The zero-order chi connectivity index (χ0) is 14.8. The lowest BCUT2D eigenvalue weighted by Crippen LogP contribution is -2.11. The Bertz CT molecular complexity index is 595. The fourth-order valence-electron chi connectivity index (χ4n) is 2.36. The summed E-state index contributed by atoms with van der Waals surface area (Å²) in [7, 11) is 0. The van der Waals surface area contributed by atoms with Crippen molar-refractivity contribution in [3.05, 3.63) is 69.2 Å². The van der Waals surface area contributed by atoms with Gasteiger partial charge in [0.2, 0.25) is 0 Å². The van der Waals surface area contributed by atoms with E-state index >= 15 is 0 Å². The molecule has 2 aromatic carbocycles. The Morgan fingerprint density at radius 2 is 1.50 bits per heavy atom. The Hall–Kier alpha value is -0.980. The van der Waals surface area contributed by atoms with Crippen LogP contribution in [0.4, 0.5) is 0 Å². The average Bonchev–Trinajstić information content (AvgIpc) is 2.34. The van der Waals surface area contributed by atoms with Gasteiger partial charge in [-0.1, -0.05) is 68.2 Å². The molecule has 0 saturated carbocycles. The van der Waals surface area contributed by atoms with Gasteiger partial charge in [-0.05, 0) is 53.1 Å². The van der Waals surface area contributed by atoms with Gasteiger partial charge >= 0.3 is 0 Å². The van der Waals surface area contributed by atoms with Crippen molar-refractivity contribution >= 4 is 23.2 Å². The topological polar surface area (TPSA) is 0 Å². The number of halogens is 2. The molecule has 2 heteroatoms. The van der Waals surface area contributed by atoms with Gasteiger partial charge in [-0.15, -0.1) is 0 Å². The SMILES string of the molecule is CC(C)(C)Cc1ccccc1Cc1cc(Cl)ccc1Cl. The first-order chi connectivity index (χ1) is 9.35. The van der Waals surface area contributed by atoms with E-state index in [0.29, 0.717) is 0 Å². The molecule has 0 radical (unpaired) electrons. The van der Waals surface area contributed by atoms with E-state index in [0.717, 1.165) is 28.5 Å². The van der Waals surface area contributed by atoms with E-state index in [4.69, 9.17) is 23.2 Å². The third kappa shape index (κ3) is 4.26. The van der Waals surface area contributed by atoms with Crippen LogP contribution in [0.3, 0.4) is 0 Å². The molecule has 0 unspecified atom stereocenters. The normalized spacial score (nSPS) is 11.7. The molecule has 0 bridgehead atoms.